The lowest BCUT2D eigenvalue weighted by molar-refractivity contribution is -0.103. The zero-order chi connectivity index (χ0) is 8.97. The molecule has 2 nitrogen and oxygen atoms in total. The van der Waals surface area contributed by atoms with Crippen molar-refractivity contribution in [3.8, 4) is 0 Å². The van der Waals surface area contributed by atoms with Gasteiger partial charge in [0.15, 0.2) is 6.29 Å². The molecule has 1 aromatic rings. The van der Waals surface area contributed by atoms with Gasteiger partial charge in [0.2, 0.25) is 0 Å². The normalized spacial score (nSPS) is 11.2. The van der Waals surface area contributed by atoms with Crippen molar-refractivity contribution in [2.24, 2.45) is 0 Å². The molecule has 1 N–H and O–H groups in total. The zero-order valence-corrected chi connectivity index (χ0v) is 6.82. The number of aliphatic hydroxyl groups is 1. The van der Waals surface area contributed by atoms with Gasteiger partial charge in [-0.25, -0.2) is 0 Å². The number of aryl methyl sites for hydroxylation is 1. The molecule has 0 atom stereocenters. The minimum absolute atomic E-state index is 0.313. The summed E-state index contributed by atoms with van der Waals surface area (Å²) in [5, 5.41) is 8.71. The molecule has 62 valence electrons. The van der Waals surface area contributed by atoms with Crippen LogP contribution in [-0.4, -0.2) is 11.4 Å². The number of aliphatic hydroxyl groups excluding tert-OH is 1. The molecule has 0 aliphatic carbocycles. The van der Waals surface area contributed by atoms with Crippen LogP contribution in [0.5, 0.6) is 0 Å². The van der Waals surface area contributed by atoms with Gasteiger partial charge < -0.3 is 5.11 Å². The van der Waals surface area contributed by atoms with E-state index in [-0.39, 0.29) is 0 Å². The van der Waals surface area contributed by atoms with Crippen molar-refractivity contribution in [2.75, 3.05) is 0 Å². The molecule has 0 aliphatic heterocycles. The van der Waals surface area contributed by atoms with Crippen LogP contribution in [0.4, 0.5) is 0 Å². The zero-order valence-electron chi connectivity index (χ0n) is 6.82. The fourth-order valence-corrected chi connectivity index (χ4v) is 1.06. The van der Waals surface area contributed by atoms with Crippen molar-refractivity contribution in [2.45, 2.75) is 6.92 Å². The fraction of sp³-hybridized carbons (Fsp3) is 0.100. The van der Waals surface area contributed by atoms with Crippen LogP contribution < -0.4 is 0 Å². The monoisotopic (exact) mass is 162 g/mol. The van der Waals surface area contributed by atoms with E-state index in [2.05, 4.69) is 0 Å². The van der Waals surface area contributed by atoms with E-state index in [0.29, 0.717) is 11.9 Å². The Morgan fingerprint density at radius 3 is 2.58 bits per heavy atom. The molecule has 0 unspecified atom stereocenters. The number of hydrogen-bond donors (Lipinski definition) is 1. The van der Waals surface area contributed by atoms with E-state index in [1.54, 1.807) is 6.07 Å². The third-order valence-corrected chi connectivity index (χ3v) is 1.72. The van der Waals surface area contributed by atoms with Crippen LogP contribution >= 0.6 is 0 Å². The highest BCUT2D eigenvalue weighted by molar-refractivity contribution is 6.06. The predicted molar refractivity (Wildman–Crippen MR) is 47.8 cm³/mol. The van der Waals surface area contributed by atoms with Crippen molar-refractivity contribution in [3.63, 3.8) is 0 Å². The Labute approximate surface area is 71.2 Å². The summed E-state index contributed by atoms with van der Waals surface area (Å²) < 4.78 is 0. The molecule has 0 amide bonds. The van der Waals surface area contributed by atoms with Crippen LogP contribution in [0.2, 0.25) is 0 Å². The van der Waals surface area contributed by atoms with Gasteiger partial charge in [0.25, 0.3) is 0 Å². The van der Waals surface area contributed by atoms with Crippen LogP contribution in [0.25, 0.3) is 5.57 Å². The number of allylic oxidation sites excluding steroid dienone is 1. The molecule has 0 spiro atoms. The topological polar surface area (TPSA) is 37.3 Å². The summed E-state index contributed by atoms with van der Waals surface area (Å²) in [5.74, 6) is 0. The quantitative estimate of drug-likeness (QED) is 0.410. The molecule has 0 saturated carbocycles. The van der Waals surface area contributed by atoms with Crippen molar-refractivity contribution < 1.29 is 9.90 Å². The van der Waals surface area contributed by atoms with Crippen LogP contribution in [-0.2, 0) is 4.79 Å². The number of carbonyl (C=O) groups is 1. The van der Waals surface area contributed by atoms with Gasteiger partial charge in [-0.1, -0.05) is 24.3 Å². The lowest BCUT2D eigenvalue weighted by Gasteiger charge is -2.01. The Bertz CT molecular complexity index is 313. The van der Waals surface area contributed by atoms with E-state index in [0.717, 1.165) is 17.4 Å². The van der Waals surface area contributed by atoms with Crippen LogP contribution in [0.15, 0.2) is 30.5 Å². The second-order valence-electron chi connectivity index (χ2n) is 2.52. The molecule has 0 heterocycles. The van der Waals surface area contributed by atoms with E-state index in [1.807, 2.05) is 25.1 Å². The first-order valence-electron chi connectivity index (χ1n) is 3.65. The minimum Gasteiger partial charge on any atom is -0.515 e. The molecule has 0 fully saturated rings. The summed E-state index contributed by atoms with van der Waals surface area (Å²) in [6, 6.07) is 7.40. The van der Waals surface area contributed by atoms with Gasteiger partial charge in [-0.2, -0.15) is 0 Å². The van der Waals surface area contributed by atoms with Crippen molar-refractivity contribution in [3.05, 3.63) is 41.7 Å². The maximum Gasteiger partial charge on any atom is 0.153 e. The molecule has 0 bridgehead atoms. The first kappa shape index (κ1) is 8.53. The summed E-state index contributed by atoms with van der Waals surface area (Å²) in [5.41, 5.74) is 2.06. The SMILES string of the molecule is Cc1ccccc1/C(C=O)=C\O. The van der Waals surface area contributed by atoms with Crippen molar-refractivity contribution in [1.29, 1.82) is 0 Å². The minimum atomic E-state index is 0.313. The van der Waals surface area contributed by atoms with Gasteiger partial charge in [-0.15, -0.1) is 0 Å². The van der Waals surface area contributed by atoms with Gasteiger partial charge in [0.1, 0.15) is 0 Å². The summed E-state index contributed by atoms with van der Waals surface area (Å²) >= 11 is 0. The summed E-state index contributed by atoms with van der Waals surface area (Å²) in [6.45, 7) is 1.89. The highest BCUT2D eigenvalue weighted by atomic mass is 16.2. The summed E-state index contributed by atoms with van der Waals surface area (Å²) in [7, 11) is 0. The Morgan fingerprint density at radius 2 is 2.08 bits per heavy atom. The second kappa shape index (κ2) is 3.72. The summed E-state index contributed by atoms with van der Waals surface area (Å²) in [6.07, 6.45) is 1.47. The average Bonchev–Trinajstić information content (AvgIpc) is 2.10. The Kier molecular flexibility index (Phi) is 2.64. The maximum absolute atomic E-state index is 10.5. The lowest BCUT2D eigenvalue weighted by Crippen LogP contribution is -1.89. The van der Waals surface area contributed by atoms with E-state index < -0.39 is 0 Å². The standard InChI is InChI=1S/C10H10O2/c1-8-4-2-3-5-10(8)9(6-11)7-12/h2-7,11H,1H3/b9-6-. The average molecular weight is 162 g/mol. The lowest BCUT2D eigenvalue weighted by atomic mass is 10.0. The van der Waals surface area contributed by atoms with Gasteiger partial charge in [0, 0.05) is 0 Å². The highest BCUT2D eigenvalue weighted by Crippen LogP contribution is 2.15. The number of carbonyl (C=O) groups excluding carboxylic acids is 1. The predicted octanol–water partition coefficient (Wildman–Crippen LogP) is 2.09. The third-order valence-electron chi connectivity index (χ3n) is 1.72. The molecule has 0 radical (unpaired) electrons. The smallest absolute Gasteiger partial charge is 0.153 e. The Balaban J connectivity index is 3.18. The van der Waals surface area contributed by atoms with Gasteiger partial charge in [0.05, 0.1) is 11.8 Å². The molecular weight excluding hydrogens is 152 g/mol. The van der Waals surface area contributed by atoms with Crippen LogP contribution in [0.1, 0.15) is 11.1 Å². The Hall–Kier alpha value is -1.57. The van der Waals surface area contributed by atoms with Crippen molar-refractivity contribution in [1.82, 2.24) is 0 Å². The molecule has 0 saturated heterocycles. The van der Waals surface area contributed by atoms with E-state index in [4.69, 9.17) is 5.11 Å². The third kappa shape index (κ3) is 1.53. The van der Waals surface area contributed by atoms with Gasteiger partial charge in [-0.3, -0.25) is 4.79 Å². The molecular formula is C10H10O2. The molecule has 0 aliphatic rings. The maximum atomic E-state index is 10.5. The molecule has 1 aromatic carbocycles. The highest BCUT2D eigenvalue weighted by Gasteiger charge is 2.01. The molecule has 2 heteroatoms. The number of aldehydes is 1. The van der Waals surface area contributed by atoms with Crippen LogP contribution in [0, 0.1) is 6.92 Å². The Morgan fingerprint density at radius 1 is 1.42 bits per heavy atom. The van der Waals surface area contributed by atoms with Gasteiger partial charge >= 0.3 is 0 Å². The number of hydrogen-bond acceptors (Lipinski definition) is 2. The molecule has 0 aromatic heterocycles. The molecule has 12 heavy (non-hydrogen) atoms. The largest absolute Gasteiger partial charge is 0.515 e. The van der Waals surface area contributed by atoms with Crippen LogP contribution in [0.3, 0.4) is 0 Å². The first-order chi connectivity index (χ1) is 5.79. The molecule has 1 rings (SSSR count). The number of benzene rings is 1. The van der Waals surface area contributed by atoms with E-state index in [9.17, 15) is 4.79 Å². The van der Waals surface area contributed by atoms with Crippen molar-refractivity contribution >= 4 is 11.9 Å². The number of rotatable bonds is 2. The second-order valence-corrected chi connectivity index (χ2v) is 2.52. The van der Waals surface area contributed by atoms with E-state index in [1.165, 1.54) is 0 Å². The fourth-order valence-electron chi connectivity index (χ4n) is 1.06. The summed E-state index contributed by atoms with van der Waals surface area (Å²) in [4.78, 5) is 10.5. The van der Waals surface area contributed by atoms with Gasteiger partial charge in [-0.05, 0) is 18.1 Å². The van der Waals surface area contributed by atoms with E-state index >= 15 is 0 Å². The first-order valence-corrected chi connectivity index (χ1v) is 3.65.